The van der Waals surface area contributed by atoms with Gasteiger partial charge in [-0.05, 0) is 70.0 Å². The minimum absolute atomic E-state index is 0.176. The molecule has 0 saturated heterocycles. The molecule has 2 aliphatic rings. The van der Waals surface area contributed by atoms with Crippen LogP contribution in [0.2, 0.25) is 0 Å². The summed E-state index contributed by atoms with van der Waals surface area (Å²) < 4.78 is 22.5. The highest BCUT2D eigenvalue weighted by Crippen LogP contribution is 2.54. The van der Waals surface area contributed by atoms with E-state index in [9.17, 15) is 9.59 Å². The van der Waals surface area contributed by atoms with E-state index in [1.165, 1.54) is 7.11 Å². The van der Waals surface area contributed by atoms with Crippen LogP contribution in [0.3, 0.4) is 0 Å². The number of methoxy groups -OCH3 is 1. The molecule has 0 bridgehead atoms. The summed E-state index contributed by atoms with van der Waals surface area (Å²) in [5.41, 5.74) is 5.73. The zero-order valence-corrected chi connectivity index (χ0v) is 21.5. The quantitative estimate of drug-likeness (QED) is 0.399. The van der Waals surface area contributed by atoms with Gasteiger partial charge >= 0.3 is 12.1 Å². The summed E-state index contributed by atoms with van der Waals surface area (Å²) in [5.74, 6) is 0.645. The van der Waals surface area contributed by atoms with Gasteiger partial charge in [0.1, 0.15) is 18.4 Å². The SMILES string of the molecule is CC=CC1Oc2ccc(OC(=O)NCC(=O)OCC)c(OC)c2-c2ccc3c(c21)C(C)=CC(C)(C)N3. The topological polar surface area (TPSA) is 95.1 Å². The molecule has 1 unspecified atom stereocenters. The molecule has 2 heterocycles. The van der Waals surface area contributed by atoms with E-state index < -0.39 is 12.1 Å². The first-order valence-corrected chi connectivity index (χ1v) is 12.0. The zero-order chi connectivity index (χ0) is 26.0. The molecule has 36 heavy (non-hydrogen) atoms. The van der Waals surface area contributed by atoms with E-state index in [4.69, 9.17) is 18.9 Å². The first-order valence-electron chi connectivity index (χ1n) is 12.0. The summed E-state index contributed by atoms with van der Waals surface area (Å²) in [7, 11) is 1.52. The lowest BCUT2D eigenvalue weighted by molar-refractivity contribution is -0.141. The van der Waals surface area contributed by atoms with Crippen molar-refractivity contribution < 1.29 is 28.5 Å². The molecule has 2 aliphatic heterocycles. The molecule has 0 radical (unpaired) electrons. The number of carbonyl (C=O) groups excluding carboxylic acids is 2. The lowest BCUT2D eigenvalue weighted by Crippen LogP contribution is -2.33. The molecule has 2 N–H and O–H groups in total. The van der Waals surface area contributed by atoms with Crippen LogP contribution in [0.1, 0.15) is 51.8 Å². The Morgan fingerprint density at radius 1 is 1.19 bits per heavy atom. The summed E-state index contributed by atoms with van der Waals surface area (Å²) in [6.45, 7) is 9.96. The van der Waals surface area contributed by atoms with Crippen LogP contribution in [0.5, 0.6) is 17.2 Å². The second kappa shape index (κ2) is 9.97. The number of nitrogens with one attached hydrogen (secondary N) is 2. The van der Waals surface area contributed by atoms with Crippen molar-refractivity contribution in [2.24, 2.45) is 0 Å². The Morgan fingerprint density at radius 2 is 1.97 bits per heavy atom. The van der Waals surface area contributed by atoms with Gasteiger partial charge in [0, 0.05) is 16.8 Å². The number of esters is 1. The van der Waals surface area contributed by atoms with Gasteiger partial charge in [-0.3, -0.25) is 4.79 Å². The van der Waals surface area contributed by atoms with Crippen LogP contribution in [-0.4, -0.2) is 37.9 Å². The third-order valence-electron chi connectivity index (χ3n) is 6.02. The van der Waals surface area contributed by atoms with Gasteiger partial charge in [0.15, 0.2) is 11.5 Å². The van der Waals surface area contributed by atoms with Crippen LogP contribution in [0.25, 0.3) is 16.7 Å². The Hall–Kier alpha value is -3.94. The van der Waals surface area contributed by atoms with Gasteiger partial charge in [-0.2, -0.15) is 0 Å². The maximum Gasteiger partial charge on any atom is 0.413 e. The Balaban J connectivity index is 1.79. The molecule has 0 spiro atoms. The number of fused-ring (bicyclic) bond motifs is 5. The van der Waals surface area contributed by atoms with Crippen molar-refractivity contribution >= 4 is 23.3 Å². The molecule has 2 aromatic carbocycles. The smallest absolute Gasteiger partial charge is 0.413 e. The molecule has 8 nitrogen and oxygen atoms in total. The Labute approximate surface area is 211 Å². The fraction of sp³-hybridized carbons (Fsp3) is 0.357. The number of allylic oxidation sites excluding steroid dienone is 2. The van der Waals surface area contributed by atoms with Gasteiger partial charge in [-0.25, -0.2) is 4.79 Å². The molecule has 4 rings (SSSR count). The Morgan fingerprint density at radius 3 is 2.67 bits per heavy atom. The van der Waals surface area contributed by atoms with E-state index in [1.54, 1.807) is 19.1 Å². The van der Waals surface area contributed by atoms with E-state index in [1.807, 2.05) is 25.1 Å². The van der Waals surface area contributed by atoms with Crippen LogP contribution in [0, 0.1) is 0 Å². The van der Waals surface area contributed by atoms with E-state index in [0.29, 0.717) is 17.1 Å². The maximum absolute atomic E-state index is 12.4. The zero-order valence-electron chi connectivity index (χ0n) is 21.5. The van der Waals surface area contributed by atoms with E-state index >= 15 is 0 Å². The van der Waals surface area contributed by atoms with Crippen molar-refractivity contribution in [1.29, 1.82) is 0 Å². The minimum Gasteiger partial charge on any atom is -0.492 e. The van der Waals surface area contributed by atoms with Crippen LogP contribution in [0.15, 0.2) is 42.5 Å². The van der Waals surface area contributed by atoms with Crippen molar-refractivity contribution in [1.82, 2.24) is 5.32 Å². The highest BCUT2D eigenvalue weighted by atomic mass is 16.6. The van der Waals surface area contributed by atoms with Gasteiger partial charge in [0.25, 0.3) is 0 Å². The molecule has 190 valence electrons. The van der Waals surface area contributed by atoms with Crippen LogP contribution in [0.4, 0.5) is 10.5 Å². The Kier molecular flexibility index (Phi) is 6.97. The molecular weight excluding hydrogens is 460 g/mol. The van der Waals surface area contributed by atoms with E-state index in [-0.39, 0.29) is 30.5 Å². The predicted octanol–water partition coefficient (Wildman–Crippen LogP) is 5.63. The van der Waals surface area contributed by atoms with Crippen LogP contribution >= 0.6 is 0 Å². The van der Waals surface area contributed by atoms with E-state index in [2.05, 4.69) is 43.5 Å². The van der Waals surface area contributed by atoms with Crippen molar-refractivity contribution in [3.8, 4) is 28.4 Å². The second-order valence-corrected chi connectivity index (χ2v) is 9.21. The molecule has 0 aromatic heterocycles. The summed E-state index contributed by atoms with van der Waals surface area (Å²) in [4.78, 5) is 24.0. The van der Waals surface area contributed by atoms with Gasteiger partial charge in [0.05, 0.1) is 24.8 Å². The summed E-state index contributed by atoms with van der Waals surface area (Å²) in [6.07, 6.45) is 5.11. The third-order valence-corrected chi connectivity index (χ3v) is 6.02. The summed E-state index contributed by atoms with van der Waals surface area (Å²) >= 11 is 0. The minimum atomic E-state index is -0.791. The van der Waals surface area contributed by atoms with Crippen molar-refractivity contribution in [3.05, 3.63) is 53.6 Å². The number of benzene rings is 2. The van der Waals surface area contributed by atoms with Crippen LogP contribution < -0.4 is 24.8 Å². The predicted molar refractivity (Wildman–Crippen MR) is 139 cm³/mol. The number of rotatable bonds is 6. The molecule has 1 atom stereocenters. The fourth-order valence-electron chi connectivity index (χ4n) is 4.84. The van der Waals surface area contributed by atoms with Crippen molar-refractivity contribution in [3.63, 3.8) is 0 Å². The van der Waals surface area contributed by atoms with Crippen molar-refractivity contribution in [2.45, 2.75) is 46.3 Å². The lowest BCUT2D eigenvalue weighted by Gasteiger charge is -2.36. The van der Waals surface area contributed by atoms with Crippen molar-refractivity contribution in [2.75, 3.05) is 25.6 Å². The van der Waals surface area contributed by atoms with Gasteiger partial charge in [0.2, 0.25) is 0 Å². The molecular formula is C28H32N2O6. The third kappa shape index (κ3) is 4.76. The second-order valence-electron chi connectivity index (χ2n) is 9.21. The highest BCUT2D eigenvalue weighted by Gasteiger charge is 2.35. The largest absolute Gasteiger partial charge is 0.492 e. The monoisotopic (exact) mass is 492 g/mol. The maximum atomic E-state index is 12.4. The number of anilines is 1. The number of amides is 1. The summed E-state index contributed by atoms with van der Waals surface area (Å²) in [6, 6.07) is 7.48. The molecule has 8 heteroatoms. The molecule has 0 saturated carbocycles. The molecule has 2 aromatic rings. The first-order chi connectivity index (χ1) is 17.2. The van der Waals surface area contributed by atoms with E-state index in [0.717, 1.165) is 28.0 Å². The first kappa shape index (κ1) is 25.2. The average Bonchev–Trinajstić information content (AvgIpc) is 2.82. The highest BCUT2D eigenvalue weighted by molar-refractivity contribution is 5.93. The number of carbonyl (C=O) groups is 2. The average molecular weight is 493 g/mol. The summed E-state index contributed by atoms with van der Waals surface area (Å²) in [5, 5.41) is 6.00. The molecule has 0 aliphatic carbocycles. The fourth-order valence-corrected chi connectivity index (χ4v) is 4.84. The number of hydrogen-bond donors (Lipinski definition) is 2. The van der Waals surface area contributed by atoms with Gasteiger partial charge in [-0.1, -0.05) is 18.2 Å². The molecule has 0 fully saturated rings. The van der Waals surface area contributed by atoms with Gasteiger partial charge < -0.3 is 29.6 Å². The number of ether oxygens (including phenoxy) is 4. The lowest BCUT2D eigenvalue weighted by atomic mass is 9.81. The van der Waals surface area contributed by atoms with Gasteiger partial charge in [-0.15, -0.1) is 0 Å². The number of hydrogen-bond acceptors (Lipinski definition) is 7. The normalized spacial score (nSPS) is 16.9. The standard InChI is InChI=1S/C28H32N2O6/c1-7-9-19-24-17(10-11-18-23(24)16(3)14-28(4,5)30-18)25-20(35-19)12-13-21(26(25)33-6)36-27(32)29-15-22(31)34-8-2/h7,9-14,19,30H,8,15H2,1-6H3,(H,29,32). The Bertz CT molecular complexity index is 1260. The van der Waals surface area contributed by atoms with Crippen LogP contribution in [-0.2, 0) is 9.53 Å². The molecule has 1 amide bonds.